The minimum atomic E-state index is 0.0129. The lowest BCUT2D eigenvalue weighted by Gasteiger charge is -2.32. The van der Waals surface area contributed by atoms with Crippen LogP contribution in [0.3, 0.4) is 0 Å². The molecule has 0 aromatic carbocycles. The predicted molar refractivity (Wildman–Crippen MR) is 102 cm³/mol. The van der Waals surface area contributed by atoms with Crippen LogP contribution in [0.5, 0.6) is 0 Å². The number of aryl methyl sites for hydroxylation is 1. The quantitative estimate of drug-likeness (QED) is 0.789. The van der Waals surface area contributed by atoms with Gasteiger partial charge in [-0.1, -0.05) is 6.07 Å². The molecule has 0 bridgehead atoms. The molecule has 134 valence electrons. The molecule has 0 spiro atoms. The summed E-state index contributed by atoms with van der Waals surface area (Å²) < 4.78 is 1.92. The number of hydrogen-bond acceptors (Lipinski definition) is 4. The zero-order chi connectivity index (χ0) is 18.1. The van der Waals surface area contributed by atoms with E-state index in [1.807, 2.05) is 60.1 Å². The number of carbonyl (C=O) groups is 1. The van der Waals surface area contributed by atoms with Crippen LogP contribution in [-0.2, 0) is 0 Å². The Balaban J connectivity index is 1.55. The minimum Gasteiger partial charge on any atom is -0.373 e. The molecule has 1 atom stereocenters. The van der Waals surface area contributed by atoms with Gasteiger partial charge in [0.15, 0.2) is 0 Å². The second-order valence-corrected chi connectivity index (χ2v) is 6.91. The summed E-state index contributed by atoms with van der Waals surface area (Å²) >= 11 is 0. The van der Waals surface area contributed by atoms with Gasteiger partial charge in [-0.25, -0.2) is 9.97 Å². The highest BCUT2D eigenvalue weighted by Crippen LogP contribution is 2.28. The zero-order valence-electron chi connectivity index (χ0n) is 15.1. The summed E-state index contributed by atoms with van der Waals surface area (Å²) in [7, 11) is 1.87. The number of aromatic nitrogens is 3. The summed E-state index contributed by atoms with van der Waals surface area (Å²) in [6.07, 6.45) is 7.74. The molecule has 4 heterocycles. The highest BCUT2D eigenvalue weighted by molar-refractivity contribution is 5.93. The zero-order valence-corrected chi connectivity index (χ0v) is 15.1. The molecule has 26 heavy (non-hydrogen) atoms. The van der Waals surface area contributed by atoms with Crippen molar-refractivity contribution in [1.29, 1.82) is 0 Å². The molecule has 1 aliphatic heterocycles. The second-order valence-electron chi connectivity index (χ2n) is 6.91. The van der Waals surface area contributed by atoms with Crippen molar-refractivity contribution >= 4 is 17.4 Å². The molecule has 6 nitrogen and oxygen atoms in total. The Hall–Kier alpha value is -2.89. The van der Waals surface area contributed by atoms with E-state index >= 15 is 0 Å². The van der Waals surface area contributed by atoms with Crippen LogP contribution in [0.2, 0.25) is 0 Å². The molecular formula is C20H23N5O. The van der Waals surface area contributed by atoms with Crippen LogP contribution in [0, 0.1) is 6.92 Å². The summed E-state index contributed by atoms with van der Waals surface area (Å²) in [5.74, 6) is 1.21. The fraction of sp³-hybridized carbons (Fsp3) is 0.350. The Labute approximate surface area is 152 Å². The summed E-state index contributed by atoms with van der Waals surface area (Å²) in [6, 6.07) is 8.08. The van der Waals surface area contributed by atoms with Gasteiger partial charge in [0, 0.05) is 44.6 Å². The minimum absolute atomic E-state index is 0.0129. The van der Waals surface area contributed by atoms with Crippen molar-refractivity contribution in [1.82, 2.24) is 19.3 Å². The van der Waals surface area contributed by atoms with E-state index in [0.29, 0.717) is 11.6 Å². The third kappa shape index (κ3) is 3.14. The average molecular weight is 349 g/mol. The number of piperidine rings is 1. The third-order valence-corrected chi connectivity index (χ3v) is 5.04. The van der Waals surface area contributed by atoms with Gasteiger partial charge in [0.25, 0.3) is 5.91 Å². The Morgan fingerprint density at radius 3 is 3.00 bits per heavy atom. The SMILES string of the molecule is CNc1cc([C@H]2CCCN(C(=O)c3cn4cc(C)ccc4n3)C2)ccn1. The summed E-state index contributed by atoms with van der Waals surface area (Å²) in [5.41, 5.74) is 3.69. The largest absolute Gasteiger partial charge is 0.373 e. The Bertz CT molecular complexity index is 948. The lowest BCUT2D eigenvalue weighted by atomic mass is 9.91. The monoisotopic (exact) mass is 349 g/mol. The number of hydrogen-bond donors (Lipinski definition) is 1. The normalized spacial score (nSPS) is 17.5. The van der Waals surface area contributed by atoms with Crippen molar-refractivity contribution in [3.05, 3.63) is 59.7 Å². The van der Waals surface area contributed by atoms with E-state index in [-0.39, 0.29) is 5.91 Å². The highest BCUT2D eigenvalue weighted by atomic mass is 16.2. The van der Waals surface area contributed by atoms with Crippen LogP contribution in [0.1, 0.15) is 40.4 Å². The smallest absolute Gasteiger partial charge is 0.274 e. The molecule has 1 N–H and O–H groups in total. The molecular weight excluding hydrogens is 326 g/mol. The summed E-state index contributed by atoms with van der Waals surface area (Å²) in [4.78, 5) is 23.7. The van der Waals surface area contributed by atoms with E-state index in [0.717, 1.165) is 43.0 Å². The molecule has 0 unspecified atom stereocenters. The lowest BCUT2D eigenvalue weighted by molar-refractivity contribution is 0.0702. The first-order valence-electron chi connectivity index (χ1n) is 9.02. The van der Waals surface area contributed by atoms with E-state index in [1.165, 1.54) is 5.56 Å². The number of fused-ring (bicyclic) bond motifs is 1. The maximum absolute atomic E-state index is 13.0. The molecule has 1 saturated heterocycles. The second kappa shape index (κ2) is 6.78. The number of carbonyl (C=O) groups excluding carboxylic acids is 1. The first kappa shape index (κ1) is 16.6. The summed E-state index contributed by atoms with van der Waals surface area (Å²) in [5, 5.41) is 3.08. The molecule has 3 aromatic heterocycles. The first-order chi connectivity index (χ1) is 12.6. The maximum atomic E-state index is 13.0. The number of anilines is 1. The average Bonchev–Trinajstić information content (AvgIpc) is 3.10. The Morgan fingerprint density at radius 2 is 2.15 bits per heavy atom. The molecule has 1 fully saturated rings. The molecule has 4 rings (SSSR count). The van der Waals surface area contributed by atoms with Crippen LogP contribution in [0.15, 0.2) is 42.9 Å². The van der Waals surface area contributed by atoms with Crippen LogP contribution >= 0.6 is 0 Å². The van der Waals surface area contributed by atoms with Gasteiger partial charge >= 0.3 is 0 Å². The van der Waals surface area contributed by atoms with Crippen LogP contribution in [-0.4, -0.2) is 45.3 Å². The van der Waals surface area contributed by atoms with Crippen molar-refractivity contribution in [2.24, 2.45) is 0 Å². The van der Waals surface area contributed by atoms with Crippen molar-refractivity contribution in [3.8, 4) is 0 Å². The van der Waals surface area contributed by atoms with Gasteiger partial charge in [-0.2, -0.15) is 0 Å². The van der Waals surface area contributed by atoms with Crippen LogP contribution in [0.25, 0.3) is 5.65 Å². The van der Waals surface area contributed by atoms with Gasteiger partial charge < -0.3 is 14.6 Å². The first-order valence-corrected chi connectivity index (χ1v) is 9.02. The highest BCUT2D eigenvalue weighted by Gasteiger charge is 2.27. The molecule has 0 radical (unpaired) electrons. The van der Waals surface area contributed by atoms with Gasteiger partial charge in [-0.15, -0.1) is 0 Å². The number of likely N-dealkylation sites (tertiary alicyclic amines) is 1. The standard InChI is InChI=1S/C20H23N5O/c1-14-5-6-19-23-17(13-25(19)11-14)20(26)24-9-3-4-16(12-24)15-7-8-22-18(10-15)21-2/h5-8,10-11,13,16H,3-4,9,12H2,1-2H3,(H,21,22)/t16-/m0/s1. The van der Waals surface area contributed by atoms with Gasteiger partial charge in [-0.3, -0.25) is 4.79 Å². The predicted octanol–water partition coefficient (Wildman–Crippen LogP) is 3.10. The number of rotatable bonds is 3. The number of nitrogens with one attached hydrogen (secondary N) is 1. The van der Waals surface area contributed by atoms with E-state index in [2.05, 4.69) is 21.4 Å². The number of nitrogens with zero attached hydrogens (tertiary/aromatic N) is 4. The topological polar surface area (TPSA) is 62.5 Å². The van der Waals surface area contributed by atoms with E-state index < -0.39 is 0 Å². The fourth-order valence-corrected chi connectivity index (χ4v) is 3.64. The van der Waals surface area contributed by atoms with Crippen molar-refractivity contribution in [2.75, 3.05) is 25.5 Å². The van der Waals surface area contributed by atoms with Gasteiger partial charge in [-0.05, 0) is 49.1 Å². The number of amides is 1. The van der Waals surface area contributed by atoms with Crippen LogP contribution < -0.4 is 5.32 Å². The van der Waals surface area contributed by atoms with Crippen molar-refractivity contribution < 1.29 is 4.79 Å². The van der Waals surface area contributed by atoms with Crippen molar-refractivity contribution in [3.63, 3.8) is 0 Å². The van der Waals surface area contributed by atoms with Crippen LogP contribution in [0.4, 0.5) is 5.82 Å². The molecule has 1 aliphatic rings. The number of pyridine rings is 2. The van der Waals surface area contributed by atoms with E-state index in [4.69, 9.17) is 0 Å². The third-order valence-electron chi connectivity index (χ3n) is 5.04. The fourth-order valence-electron chi connectivity index (χ4n) is 3.64. The Morgan fingerprint density at radius 1 is 1.27 bits per heavy atom. The van der Waals surface area contributed by atoms with Crippen molar-refractivity contribution in [2.45, 2.75) is 25.7 Å². The molecule has 1 amide bonds. The molecule has 3 aromatic rings. The lowest BCUT2D eigenvalue weighted by Crippen LogP contribution is -2.39. The Kier molecular flexibility index (Phi) is 4.32. The van der Waals surface area contributed by atoms with Gasteiger partial charge in [0.05, 0.1) is 0 Å². The van der Waals surface area contributed by atoms with Gasteiger partial charge in [0.2, 0.25) is 0 Å². The molecule has 6 heteroatoms. The van der Waals surface area contributed by atoms with E-state index in [1.54, 1.807) is 0 Å². The van der Waals surface area contributed by atoms with Gasteiger partial charge in [0.1, 0.15) is 17.2 Å². The molecule has 0 saturated carbocycles. The number of imidazole rings is 1. The van der Waals surface area contributed by atoms with E-state index in [9.17, 15) is 4.79 Å². The summed E-state index contributed by atoms with van der Waals surface area (Å²) in [6.45, 7) is 3.54. The maximum Gasteiger partial charge on any atom is 0.274 e. The molecule has 0 aliphatic carbocycles.